The van der Waals surface area contributed by atoms with E-state index in [1.165, 1.54) is 0 Å². The third-order valence-electron chi connectivity index (χ3n) is 3.53. The summed E-state index contributed by atoms with van der Waals surface area (Å²) in [6.07, 6.45) is 3.05. The zero-order valence-corrected chi connectivity index (χ0v) is 13.0. The van der Waals surface area contributed by atoms with Crippen LogP contribution < -0.4 is 14.8 Å². The van der Waals surface area contributed by atoms with Crippen LogP contribution in [-0.2, 0) is 6.42 Å². The minimum Gasteiger partial charge on any atom is -0.486 e. The van der Waals surface area contributed by atoms with E-state index in [0.29, 0.717) is 19.1 Å². The molecule has 2 heterocycles. The SMILES string of the molecule is CCCCc1noc(C(C)Nc2ccc3c(c2)OCCO3)n1. The minimum absolute atomic E-state index is 0.0644. The van der Waals surface area contributed by atoms with Crippen LogP contribution in [0.3, 0.4) is 0 Å². The summed E-state index contributed by atoms with van der Waals surface area (Å²) in [6, 6.07) is 5.73. The monoisotopic (exact) mass is 303 g/mol. The van der Waals surface area contributed by atoms with E-state index >= 15 is 0 Å². The van der Waals surface area contributed by atoms with Crippen LogP contribution in [0.2, 0.25) is 0 Å². The fourth-order valence-electron chi connectivity index (χ4n) is 2.32. The highest BCUT2D eigenvalue weighted by atomic mass is 16.6. The third-order valence-corrected chi connectivity index (χ3v) is 3.53. The van der Waals surface area contributed by atoms with Crippen LogP contribution >= 0.6 is 0 Å². The van der Waals surface area contributed by atoms with Crippen molar-refractivity contribution in [2.24, 2.45) is 0 Å². The van der Waals surface area contributed by atoms with E-state index in [4.69, 9.17) is 14.0 Å². The summed E-state index contributed by atoms with van der Waals surface area (Å²) in [6.45, 7) is 5.32. The molecule has 118 valence electrons. The predicted molar refractivity (Wildman–Crippen MR) is 82.4 cm³/mol. The Balaban J connectivity index is 1.66. The molecule has 1 unspecified atom stereocenters. The van der Waals surface area contributed by atoms with Crippen LogP contribution in [0.25, 0.3) is 0 Å². The fourth-order valence-corrected chi connectivity index (χ4v) is 2.32. The maximum absolute atomic E-state index is 5.58. The van der Waals surface area contributed by atoms with Crippen LogP contribution in [0.5, 0.6) is 11.5 Å². The highest BCUT2D eigenvalue weighted by Gasteiger charge is 2.16. The number of aryl methyl sites for hydroxylation is 1. The molecule has 2 aromatic rings. The van der Waals surface area contributed by atoms with Crippen LogP contribution in [0.1, 0.15) is 44.4 Å². The topological polar surface area (TPSA) is 69.4 Å². The number of rotatable bonds is 6. The van der Waals surface area contributed by atoms with Gasteiger partial charge >= 0.3 is 0 Å². The average Bonchev–Trinajstić information content (AvgIpc) is 3.02. The van der Waals surface area contributed by atoms with Gasteiger partial charge in [-0.15, -0.1) is 0 Å². The van der Waals surface area contributed by atoms with Crippen LogP contribution in [-0.4, -0.2) is 23.4 Å². The van der Waals surface area contributed by atoms with E-state index in [1.807, 2.05) is 25.1 Å². The van der Waals surface area contributed by atoms with Gasteiger partial charge in [0.25, 0.3) is 0 Å². The molecule has 0 saturated heterocycles. The maximum atomic E-state index is 5.58. The maximum Gasteiger partial charge on any atom is 0.248 e. The first-order valence-electron chi connectivity index (χ1n) is 7.75. The molecular formula is C16H21N3O3. The highest BCUT2D eigenvalue weighted by Crippen LogP contribution is 2.33. The quantitative estimate of drug-likeness (QED) is 0.882. The first-order chi connectivity index (χ1) is 10.8. The zero-order chi connectivity index (χ0) is 15.4. The summed E-state index contributed by atoms with van der Waals surface area (Å²) >= 11 is 0. The number of hydrogen-bond donors (Lipinski definition) is 1. The van der Waals surface area contributed by atoms with Crippen molar-refractivity contribution in [2.75, 3.05) is 18.5 Å². The first kappa shape index (κ1) is 14.7. The van der Waals surface area contributed by atoms with E-state index < -0.39 is 0 Å². The molecule has 1 aromatic carbocycles. The largest absolute Gasteiger partial charge is 0.486 e. The molecule has 1 N–H and O–H groups in total. The zero-order valence-electron chi connectivity index (χ0n) is 13.0. The van der Waals surface area contributed by atoms with Crippen molar-refractivity contribution in [1.82, 2.24) is 10.1 Å². The molecule has 0 saturated carbocycles. The minimum atomic E-state index is -0.0644. The van der Waals surface area contributed by atoms with Gasteiger partial charge in [-0.25, -0.2) is 0 Å². The molecule has 0 amide bonds. The Labute approximate surface area is 129 Å². The second kappa shape index (κ2) is 6.68. The summed E-state index contributed by atoms with van der Waals surface area (Å²) in [7, 11) is 0. The Morgan fingerprint density at radius 1 is 1.23 bits per heavy atom. The van der Waals surface area contributed by atoms with Crippen LogP contribution in [0.4, 0.5) is 5.69 Å². The van der Waals surface area contributed by atoms with Crippen molar-refractivity contribution in [2.45, 2.75) is 39.2 Å². The second-order valence-electron chi connectivity index (χ2n) is 5.38. The van der Waals surface area contributed by atoms with Gasteiger partial charge in [-0.05, 0) is 25.5 Å². The molecule has 6 heteroatoms. The van der Waals surface area contributed by atoms with Gasteiger partial charge in [0.15, 0.2) is 17.3 Å². The van der Waals surface area contributed by atoms with Crippen molar-refractivity contribution in [3.63, 3.8) is 0 Å². The van der Waals surface area contributed by atoms with Gasteiger partial charge in [0.05, 0.1) is 0 Å². The summed E-state index contributed by atoms with van der Waals surface area (Å²) in [5.74, 6) is 2.91. The average molecular weight is 303 g/mol. The van der Waals surface area contributed by atoms with E-state index in [-0.39, 0.29) is 6.04 Å². The highest BCUT2D eigenvalue weighted by molar-refractivity contribution is 5.55. The number of aromatic nitrogens is 2. The van der Waals surface area contributed by atoms with Gasteiger partial charge < -0.3 is 19.3 Å². The number of nitrogens with one attached hydrogen (secondary N) is 1. The molecule has 0 aliphatic carbocycles. The van der Waals surface area contributed by atoms with E-state index in [2.05, 4.69) is 22.4 Å². The van der Waals surface area contributed by atoms with Gasteiger partial charge in [-0.3, -0.25) is 0 Å². The number of ether oxygens (including phenoxy) is 2. The molecule has 22 heavy (non-hydrogen) atoms. The lowest BCUT2D eigenvalue weighted by Gasteiger charge is -2.20. The summed E-state index contributed by atoms with van der Waals surface area (Å²) in [5, 5.41) is 7.36. The number of anilines is 1. The molecule has 1 atom stereocenters. The van der Waals surface area contributed by atoms with E-state index in [1.54, 1.807) is 0 Å². The standard InChI is InChI=1S/C16H21N3O3/c1-3-4-5-15-18-16(22-19-15)11(2)17-12-6-7-13-14(10-12)21-9-8-20-13/h6-7,10-11,17H,3-5,8-9H2,1-2H3. The Bertz CT molecular complexity index is 627. The molecule has 0 spiro atoms. The Hall–Kier alpha value is -2.24. The van der Waals surface area contributed by atoms with Crippen LogP contribution in [0, 0.1) is 0 Å². The van der Waals surface area contributed by atoms with Crippen molar-refractivity contribution in [1.29, 1.82) is 0 Å². The smallest absolute Gasteiger partial charge is 0.248 e. The Morgan fingerprint density at radius 3 is 2.86 bits per heavy atom. The molecule has 0 radical (unpaired) electrons. The third kappa shape index (κ3) is 3.32. The molecular weight excluding hydrogens is 282 g/mol. The van der Waals surface area contributed by atoms with Gasteiger partial charge in [-0.1, -0.05) is 18.5 Å². The lowest BCUT2D eigenvalue weighted by molar-refractivity contribution is 0.171. The summed E-state index contributed by atoms with van der Waals surface area (Å²) in [4.78, 5) is 4.44. The Kier molecular flexibility index (Phi) is 4.46. The molecule has 6 nitrogen and oxygen atoms in total. The molecule has 3 rings (SSSR count). The molecule has 1 aliphatic rings. The van der Waals surface area contributed by atoms with Crippen LogP contribution in [0.15, 0.2) is 22.7 Å². The van der Waals surface area contributed by atoms with Crippen molar-refractivity contribution >= 4 is 5.69 Å². The normalized spacial score (nSPS) is 14.6. The lowest BCUT2D eigenvalue weighted by Crippen LogP contribution is -2.15. The summed E-state index contributed by atoms with van der Waals surface area (Å²) in [5.41, 5.74) is 0.935. The van der Waals surface area contributed by atoms with Gasteiger partial charge in [0, 0.05) is 18.2 Å². The van der Waals surface area contributed by atoms with Crippen molar-refractivity contribution in [3.05, 3.63) is 29.9 Å². The molecule has 0 bridgehead atoms. The first-order valence-corrected chi connectivity index (χ1v) is 7.75. The van der Waals surface area contributed by atoms with Crippen molar-refractivity contribution in [3.8, 4) is 11.5 Å². The van der Waals surface area contributed by atoms with Gasteiger partial charge in [0.2, 0.25) is 5.89 Å². The van der Waals surface area contributed by atoms with Crippen molar-refractivity contribution < 1.29 is 14.0 Å². The van der Waals surface area contributed by atoms with E-state index in [0.717, 1.165) is 42.3 Å². The number of unbranched alkanes of at least 4 members (excludes halogenated alkanes) is 1. The fraction of sp³-hybridized carbons (Fsp3) is 0.500. The molecule has 1 aliphatic heterocycles. The van der Waals surface area contributed by atoms with E-state index in [9.17, 15) is 0 Å². The lowest BCUT2D eigenvalue weighted by atomic mass is 10.2. The van der Waals surface area contributed by atoms with Gasteiger partial charge in [0.1, 0.15) is 19.3 Å². The number of hydrogen-bond acceptors (Lipinski definition) is 6. The second-order valence-corrected chi connectivity index (χ2v) is 5.38. The number of nitrogens with zero attached hydrogens (tertiary/aromatic N) is 2. The van der Waals surface area contributed by atoms with Gasteiger partial charge in [-0.2, -0.15) is 4.98 Å². The predicted octanol–water partition coefficient (Wildman–Crippen LogP) is 3.36. The Morgan fingerprint density at radius 2 is 2.05 bits per heavy atom. The molecule has 0 fully saturated rings. The molecule has 1 aromatic heterocycles. The number of benzene rings is 1. The summed E-state index contributed by atoms with van der Waals surface area (Å²) < 4.78 is 16.4. The number of fused-ring (bicyclic) bond motifs is 1.